The standard InChI is InChI=1S/C24H34N4O3/c1-3-8-26-11-13-27(14-12-26)23(29)15-18-6-9-28(10-7-18)24(30)22-16-19-4-5-20(31-2)17-21(19)25-22/h4-5,16-18,25H,3,6-15H2,1-2H3. The molecule has 1 N–H and O–H groups in total. The lowest BCUT2D eigenvalue weighted by Gasteiger charge is -2.36. The van der Waals surface area contributed by atoms with Crippen LogP contribution in [0.4, 0.5) is 0 Å². The molecular weight excluding hydrogens is 392 g/mol. The van der Waals surface area contributed by atoms with Gasteiger partial charge in [-0.3, -0.25) is 14.5 Å². The number of hydrogen-bond acceptors (Lipinski definition) is 4. The van der Waals surface area contributed by atoms with Crippen LogP contribution in [0.3, 0.4) is 0 Å². The number of benzene rings is 1. The van der Waals surface area contributed by atoms with Gasteiger partial charge in [0.2, 0.25) is 5.91 Å². The highest BCUT2D eigenvalue weighted by atomic mass is 16.5. The maximum absolute atomic E-state index is 13.0. The second-order valence-electron chi connectivity index (χ2n) is 8.80. The first kappa shape index (κ1) is 21.7. The summed E-state index contributed by atoms with van der Waals surface area (Å²) in [5, 5.41) is 1.00. The molecule has 0 saturated carbocycles. The van der Waals surface area contributed by atoms with Gasteiger partial charge in [0.25, 0.3) is 5.91 Å². The van der Waals surface area contributed by atoms with Gasteiger partial charge in [0.15, 0.2) is 0 Å². The third kappa shape index (κ3) is 5.03. The van der Waals surface area contributed by atoms with Gasteiger partial charge in [-0.05, 0) is 49.9 Å². The van der Waals surface area contributed by atoms with Crippen molar-refractivity contribution in [3.8, 4) is 5.75 Å². The average molecular weight is 427 g/mol. The van der Waals surface area contributed by atoms with Crippen LogP contribution in [-0.2, 0) is 4.79 Å². The SMILES string of the molecule is CCCN1CCN(C(=O)CC2CCN(C(=O)c3cc4ccc(OC)cc4[nH]3)CC2)CC1. The number of aromatic nitrogens is 1. The molecule has 7 heteroatoms. The van der Waals surface area contributed by atoms with Gasteiger partial charge in [-0.2, -0.15) is 0 Å². The minimum atomic E-state index is 0.0342. The number of H-pyrrole nitrogens is 1. The maximum atomic E-state index is 13.0. The lowest BCUT2D eigenvalue weighted by Crippen LogP contribution is -2.49. The molecule has 2 amide bonds. The molecule has 2 aromatic rings. The summed E-state index contributed by atoms with van der Waals surface area (Å²) >= 11 is 0. The fraction of sp³-hybridized carbons (Fsp3) is 0.583. The summed E-state index contributed by atoms with van der Waals surface area (Å²) in [5.74, 6) is 1.46. The summed E-state index contributed by atoms with van der Waals surface area (Å²) in [4.78, 5) is 35.3. The van der Waals surface area contributed by atoms with E-state index in [0.29, 0.717) is 31.1 Å². The molecule has 0 bridgehead atoms. The van der Waals surface area contributed by atoms with Crippen LogP contribution in [0.1, 0.15) is 43.1 Å². The molecule has 7 nitrogen and oxygen atoms in total. The van der Waals surface area contributed by atoms with Crippen molar-refractivity contribution < 1.29 is 14.3 Å². The van der Waals surface area contributed by atoms with Crippen molar-refractivity contribution in [1.29, 1.82) is 0 Å². The number of nitrogens with zero attached hydrogens (tertiary/aromatic N) is 3. The van der Waals surface area contributed by atoms with Crippen LogP contribution in [0.2, 0.25) is 0 Å². The van der Waals surface area contributed by atoms with Crippen LogP contribution in [0.5, 0.6) is 5.75 Å². The maximum Gasteiger partial charge on any atom is 0.270 e. The van der Waals surface area contributed by atoms with Gasteiger partial charge in [0.1, 0.15) is 11.4 Å². The Balaban J connectivity index is 1.26. The molecule has 0 atom stereocenters. The van der Waals surface area contributed by atoms with Crippen molar-refractivity contribution in [2.45, 2.75) is 32.6 Å². The Kier molecular flexibility index (Phi) is 6.80. The molecule has 3 heterocycles. The summed E-state index contributed by atoms with van der Waals surface area (Å²) in [5.41, 5.74) is 1.52. The van der Waals surface area contributed by atoms with Crippen LogP contribution in [0, 0.1) is 5.92 Å². The zero-order valence-electron chi connectivity index (χ0n) is 18.7. The predicted octanol–water partition coefficient (Wildman–Crippen LogP) is 2.97. The molecule has 2 saturated heterocycles. The molecule has 2 aliphatic rings. The largest absolute Gasteiger partial charge is 0.497 e. The van der Waals surface area contributed by atoms with E-state index in [-0.39, 0.29) is 11.8 Å². The van der Waals surface area contributed by atoms with E-state index in [1.165, 1.54) is 0 Å². The minimum Gasteiger partial charge on any atom is -0.497 e. The summed E-state index contributed by atoms with van der Waals surface area (Å²) in [7, 11) is 1.64. The van der Waals surface area contributed by atoms with Gasteiger partial charge >= 0.3 is 0 Å². The van der Waals surface area contributed by atoms with Crippen LogP contribution in [0.15, 0.2) is 24.3 Å². The fourth-order valence-electron chi connectivity index (χ4n) is 4.77. The summed E-state index contributed by atoms with van der Waals surface area (Å²) in [6.07, 6.45) is 3.56. The molecule has 1 aromatic carbocycles. The highest BCUT2D eigenvalue weighted by Crippen LogP contribution is 2.25. The van der Waals surface area contributed by atoms with Crippen LogP contribution < -0.4 is 4.74 Å². The second kappa shape index (κ2) is 9.73. The van der Waals surface area contributed by atoms with Crippen molar-refractivity contribution in [3.05, 3.63) is 30.0 Å². The van der Waals surface area contributed by atoms with Gasteiger partial charge in [-0.1, -0.05) is 6.92 Å². The lowest BCUT2D eigenvalue weighted by molar-refractivity contribution is -0.134. The van der Waals surface area contributed by atoms with E-state index in [4.69, 9.17) is 4.74 Å². The van der Waals surface area contributed by atoms with E-state index >= 15 is 0 Å². The van der Waals surface area contributed by atoms with E-state index in [9.17, 15) is 9.59 Å². The van der Waals surface area contributed by atoms with E-state index in [1.54, 1.807) is 7.11 Å². The number of rotatable bonds is 6. The van der Waals surface area contributed by atoms with E-state index in [0.717, 1.165) is 68.6 Å². The summed E-state index contributed by atoms with van der Waals surface area (Å²) < 4.78 is 5.26. The molecule has 2 fully saturated rings. The Labute approximate surface area is 184 Å². The van der Waals surface area contributed by atoms with Crippen LogP contribution >= 0.6 is 0 Å². The van der Waals surface area contributed by atoms with E-state index < -0.39 is 0 Å². The molecule has 0 radical (unpaired) electrons. The molecule has 2 aliphatic heterocycles. The topological polar surface area (TPSA) is 68.9 Å². The van der Waals surface area contributed by atoms with E-state index in [2.05, 4.69) is 16.8 Å². The predicted molar refractivity (Wildman–Crippen MR) is 121 cm³/mol. The minimum absolute atomic E-state index is 0.0342. The first-order chi connectivity index (χ1) is 15.1. The van der Waals surface area contributed by atoms with Gasteiger partial charge in [0.05, 0.1) is 7.11 Å². The van der Waals surface area contributed by atoms with Crippen LogP contribution in [0.25, 0.3) is 10.9 Å². The number of amides is 2. The van der Waals surface area contributed by atoms with Gasteiger partial charge in [-0.15, -0.1) is 0 Å². The highest BCUT2D eigenvalue weighted by molar-refractivity contribution is 5.98. The summed E-state index contributed by atoms with van der Waals surface area (Å²) in [6.45, 7) is 8.41. The average Bonchev–Trinajstić information content (AvgIpc) is 3.23. The Morgan fingerprint density at radius 3 is 2.45 bits per heavy atom. The fourth-order valence-corrected chi connectivity index (χ4v) is 4.77. The van der Waals surface area contributed by atoms with Crippen LogP contribution in [-0.4, -0.2) is 84.4 Å². The molecular formula is C24H34N4O3. The monoisotopic (exact) mass is 426 g/mol. The normalized spacial score (nSPS) is 18.5. The van der Waals surface area contributed by atoms with Gasteiger partial charge in [-0.25, -0.2) is 0 Å². The number of hydrogen-bond donors (Lipinski definition) is 1. The zero-order valence-corrected chi connectivity index (χ0v) is 18.7. The smallest absolute Gasteiger partial charge is 0.270 e. The molecule has 1 aromatic heterocycles. The van der Waals surface area contributed by atoms with Crippen molar-refractivity contribution in [2.75, 3.05) is 52.9 Å². The highest BCUT2D eigenvalue weighted by Gasteiger charge is 2.28. The quantitative estimate of drug-likeness (QED) is 0.771. The molecule has 168 valence electrons. The number of likely N-dealkylation sites (tertiary alicyclic amines) is 1. The third-order valence-electron chi connectivity index (χ3n) is 6.69. The number of aromatic amines is 1. The first-order valence-electron chi connectivity index (χ1n) is 11.5. The number of carbonyl (C=O) groups excluding carboxylic acids is 2. The van der Waals surface area contributed by atoms with E-state index in [1.807, 2.05) is 34.1 Å². The molecule has 4 rings (SSSR count). The molecule has 0 spiro atoms. The number of carbonyl (C=O) groups is 2. The number of nitrogens with one attached hydrogen (secondary N) is 1. The van der Waals surface area contributed by atoms with Crippen molar-refractivity contribution in [1.82, 2.24) is 19.7 Å². The lowest BCUT2D eigenvalue weighted by atomic mass is 9.92. The number of ether oxygens (including phenoxy) is 1. The Hall–Kier alpha value is -2.54. The Morgan fingerprint density at radius 2 is 1.77 bits per heavy atom. The molecule has 0 unspecified atom stereocenters. The Bertz CT molecular complexity index is 909. The number of piperazine rings is 1. The summed E-state index contributed by atoms with van der Waals surface area (Å²) in [6, 6.07) is 7.68. The van der Waals surface area contributed by atoms with Crippen molar-refractivity contribution in [2.24, 2.45) is 5.92 Å². The number of methoxy groups -OCH3 is 1. The molecule has 0 aliphatic carbocycles. The number of piperidine rings is 1. The zero-order chi connectivity index (χ0) is 21.8. The van der Waals surface area contributed by atoms with Crippen molar-refractivity contribution >= 4 is 22.7 Å². The van der Waals surface area contributed by atoms with Crippen molar-refractivity contribution in [3.63, 3.8) is 0 Å². The first-order valence-corrected chi connectivity index (χ1v) is 11.5. The molecule has 31 heavy (non-hydrogen) atoms. The number of fused-ring (bicyclic) bond motifs is 1. The second-order valence-corrected chi connectivity index (χ2v) is 8.80. The van der Waals surface area contributed by atoms with Gasteiger partial charge in [0, 0.05) is 62.7 Å². The Morgan fingerprint density at radius 1 is 1.03 bits per heavy atom. The van der Waals surface area contributed by atoms with Gasteiger partial charge < -0.3 is 19.5 Å². The third-order valence-corrected chi connectivity index (χ3v) is 6.69.